The summed E-state index contributed by atoms with van der Waals surface area (Å²) in [7, 11) is 0. The number of aromatic nitrogens is 3. The van der Waals surface area contributed by atoms with Crippen LogP contribution in [0.2, 0.25) is 0 Å². The SMILES string of the molecule is O=C(CCn1nnc2ccccc21)NC1CCCCC1CN1CCCCC1. The van der Waals surface area contributed by atoms with Crippen LogP contribution in [0, 0.1) is 5.92 Å². The normalized spacial score (nSPS) is 24.1. The molecular weight excluding hydrogens is 338 g/mol. The third-order valence-corrected chi connectivity index (χ3v) is 6.17. The Morgan fingerprint density at radius 3 is 2.78 bits per heavy atom. The van der Waals surface area contributed by atoms with E-state index in [9.17, 15) is 4.79 Å². The molecule has 2 fully saturated rings. The second kappa shape index (κ2) is 8.83. The van der Waals surface area contributed by atoms with E-state index in [1.165, 1.54) is 51.6 Å². The number of benzene rings is 1. The summed E-state index contributed by atoms with van der Waals surface area (Å²) in [5.74, 6) is 0.748. The first kappa shape index (κ1) is 18.4. The smallest absolute Gasteiger partial charge is 0.222 e. The molecule has 1 aromatic heterocycles. The fraction of sp³-hybridized carbons (Fsp3) is 0.667. The van der Waals surface area contributed by atoms with Crippen LogP contribution in [0.5, 0.6) is 0 Å². The third-order valence-electron chi connectivity index (χ3n) is 6.17. The highest BCUT2D eigenvalue weighted by Gasteiger charge is 2.28. The number of para-hydroxylation sites is 1. The van der Waals surface area contributed by atoms with Crippen molar-refractivity contribution in [3.63, 3.8) is 0 Å². The van der Waals surface area contributed by atoms with E-state index in [-0.39, 0.29) is 5.91 Å². The lowest BCUT2D eigenvalue weighted by molar-refractivity contribution is -0.122. The predicted molar refractivity (Wildman–Crippen MR) is 106 cm³/mol. The second-order valence-corrected chi connectivity index (χ2v) is 8.13. The fourth-order valence-electron chi connectivity index (χ4n) is 4.66. The Kier molecular flexibility index (Phi) is 6.02. The van der Waals surface area contributed by atoms with Crippen molar-refractivity contribution in [3.05, 3.63) is 24.3 Å². The maximum Gasteiger partial charge on any atom is 0.222 e. The Morgan fingerprint density at radius 2 is 1.89 bits per heavy atom. The molecule has 0 bridgehead atoms. The molecule has 2 atom stereocenters. The van der Waals surface area contributed by atoms with Crippen LogP contribution in [-0.4, -0.2) is 51.5 Å². The van der Waals surface area contributed by atoms with Crippen molar-refractivity contribution in [2.75, 3.05) is 19.6 Å². The van der Waals surface area contributed by atoms with Crippen molar-refractivity contribution < 1.29 is 4.79 Å². The van der Waals surface area contributed by atoms with Crippen LogP contribution in [0.25, 0.3) is 11.0 Å². The number of fused-ring (bicyclic) bond motifs is 1. The van der Waals surface area contributed by atoms with Gasteiger partial charge in [0.25, 0.3) is 0 Å². The van der Waals surface area contributed by atoms with Gasteiger partial charge in [0, 0.05) is 19.0 Å². The van der Waals surface area contributed by atoms with Gasteiger partial charge >= 0.3 is 0 Å². The summed E-state index contributed by atoms with van der Waals surface area (Å²) < 4.78 is 1.83. The van der Waals surface area contributed by atoms with Gasteiger partial charge in [-0.3, -0.25) is 4.79 Å². The lowest BCUT2D eigenvalue weighted by atomic mass is 9.83. The third kappa shape index (κ3) is 4.67. The summed E-state index contributed by atoms with van der Waals surface area (Å²) >= 11 is 0. The summed E-state index contributed by atoms with van der Waals surface area (Å²) in [6.07, 6.45) is 9.39. The molecule has 27 heavy (non-hydrogen) atoms. The van der Waals surface area contributed by atoms with E-state index in [1.54, 1.807) is 0 Å². The van der Waals surface area contributed by atoms with Crippen molar-refractivity contribution in [2.45, 2.75) is 64.0 Å². The molecule has 1 saturated heterocycles. The van der Waals surface area contributed by atoms with E-state index in [4.69, 9.17) is 0 Å². The molecule has 1 aliphatic heterocycles. The van der Waals surface area contributed by atoms with Gasteiger partial charge in [-0.2, -0.15) is 0 Å². The molecule has 1 amide bonds. The molecule has 1 aromatic carbocycles. The number of hydrogen-bond donors (Lipinski definition) is 1. The molecule has 1 aliphatic carbocycles. The minimum Gasteiger partial charge on any atom is -0.353 e. The van der Waals surface area contributed by atoms with E-state index in [1.807, 2.05) is 28.9 Å². The monoisotopic (exact) mass is 369 g/mol. The summed E-state index contributed by atoms with van der Waals surface area (Å²) in [6, 6.07) is 8.23. The molecule has 0 radical (unpaired) electrons. The molecule has 2 heterocycles. The van der Waals surface area contributed by atoms with Gasteiger partial charge < -0.3 is 10.2 Å². The Morgan fingerprint density at radius 1 is 1.07 bits per heavy atom. The predicted octanol–water partition coefficient (Wildman–Crippen LogP) is 2.98. The number of aryl methyl sites for hydroxylation is 1. The van der Waals surface area contributed by atoms with E-state index >= 15 is 0 Å². The van der Waals surface area contributed by atoms with Gasteiger partial charge in [0.2, 0.25) is 5.91 Å². The van der Waals surface area contributed by atoms with Crippen molar-refractivity contribution in [1.82, 2.24) is 25.2 Å². The highest BCUT2D eigenvalue weighted by molar-refractivity contribution is 5.77. The lowest BCUT2D eigenvalue weighted by Gasteiger charge is -2.37. The van der Waals surface area contributed by atoms with E-state index in [0.29, 0.717) is 24.9 Å². The van der Waals surface area contributed by atoms with Gasteiger partial charge in [-0.05, 0) is 56.8 Å². The van der Waals surface area contributed by atoms with Crippen LogP contribution >= 0.6 is 0 Å². The van der Waals surface area contributed by atoms with E-state index in [2.05, 4.69) is 20.5 Å². The average molecular weight is 370 g/mol. The fourth-order valence-corrected chi connectivity index (χ4v) is 4.66. The molecule has 6 nitrogen and oxygen atoms in total. The standard InChI is InChI=1S/C21H31N5O/c27-21(12-15-26-20-11-5-4-10-19(20)23-24-26)22-18-9-3-2-8-17(18)16-25-13-6-1-7-14-25/h4-5,10-11,17-18H,1-3,6-9,12-16H2,(H,22,27). The summed E-state index contributed by atoms with van der Waals surface area (Å²) in [6.45, 7) is 4.20. The first-order valence-corrected chi connectivity index (χ1v) is 10.6. The van der Waals surface area contributed by atoms with Crippen LogP contribution in [0.4, 0.5) is 0 Å². The number of piperidine rings is 1. The zero-order valence-electron chi connectivity index (χ0n) is 16.1. The Bertz CT molecular complexity index is 752. The lowest BCUT2D eigenvalue weighted by Crippen LogP contribution is -2.47. The van der Waals surface area contributed by atoms with Crippen LogP contribution < -0.4 is 5.32 Å². The van der Waals surface area contributed by atoms with Crippen molar-refractivity contribution >= 4 is 16.9 Å². The minimum atomic E-state index is 0.144. The summed E-state index contributed by atoms with van der Waals surface area (Å²) in [5, 5.41) is 11.7. The number of carbonyl (C=O) groups excluding carboxylic acids is 1. The summed E-state index contributed by atoms with van der Waals surface area (Å²) in [4.78, 5) is 15.2. The van der Waals surface area contributed by atoms with Gasteiger partial charge in [-0.1, -0.05) is 36.6 Å². The number of amides is 1. The first-order chi connectivity index (χ1) is 13.3. The Balaban J connectivity index is 1.30. The highest BCUT2D eigenvalue weighted by atomic mass is 16.1. The molecule has 2 aliphatic rings. The van der Waals surface area contributed by atoms with Gasteiger partial charge in [0.1, 0.15) is 5.52 Å². The molecule has 1 N–H and O–H groups in total. The molecule has 0 spiro atoms. The molecule has 4 rings (SSSR count). The maximum atomic E-state index is 12.6. The van der Waals surface area contributed by atoms with Crippen molar-refractivity contribution in [3.8, 4) is 0 Å². The molecule has 2 unspecified atom stereocenters. The van der Waals surface area contributed by atoms with Gasteiger partial charge in [-0.25, -0.2) is 4.68 Å². The summed E-state index contributed by atoms with van der Waals surface area (Å²) in [5.41, 5.74) is 1.87. The van der Waals surface area contributed by atoms with Crippen LogP contribution in [0.1, 0.15) is 51.4 Å². The van der Waals surface area contributed by atoms with Gasteiger partial charge in [0.05, 0.1) is 12.1 Å². The van der Waals surface area contributed by atoms with Crippen LogP contribution in [0.3, 0.4) is 0 Å². The number of rotatable bonds is 6. The first-order valence-electron chi connectivity index (χ1n) is 10.6. The topological polar surface area (TPSA) is 63.1 Å². The van der Waals surface area contributed by atoms with E-state index < -0.39 is 0 Å². The molecule has 146 valence electrons. The zero-order chi connectivity index (χ0) is 18.5. The van der Waals surface area contributed by atoms with E-state index in [0.717, 1.165) is 24.0 Å². The Labute approximate surface area is 161 Å². The number of nitrogens with zero attached hydrogens (tertiary/aromatic N) is 4. The molecular formula is C21H31N5O. The minimum absolute atomic E-state index is 0.144. The maximum absolute atomic E-state index is 12.6. The number of nitrogens with one attached hydrogen (secondary N) is 1. The molecule has 6 heteroatoms. The second-order valence-electron chi connectivity index (χ2n) is 8.13. The average Bonchev–Trinajstić information content (AvgIpc) is 3.12. The van der Waals surface area contributed by atoms with Crippen LogP contribution in [0.15, 0.2) is 24.3 Å². The number of likely N-dealkylation sites (tertiary alicyclic amines) is 1. The van der Waals surface area contributed by atoms with Crippen LogP contribution in [-0.2, 0) is 11.3 Å². The van der Waals surface area contributed by atoms with Gasteiger partial charge in [-0.15, -0.1) is 5.10 Å². The van der Waals surface area contributed by atoms with Crippen molar-refractivity contribution in [1.29, 1.82) is 0 Å². The van der Waals surface area contributed by atoms with Crippen molar-refractivity contribution in [2.24, 2.45) is 5.92 Å². The Hall–Kier alpha value is -1.95. The highest BCUT2D eigenvalue weighted by Crippen LogP contribution is 2.26. The largest absolute Gasteiger partial charge is 0.353 e. The van der Waals surface area contributed by atoms with Gasteiger partial charge in [0.15, 0.2) is 0 Å². The number of carbonyl (C=O) groups is 1. The number of hydrogen-bond acceptors (Lipinski definition) is 4. The molecule has 2 aromatic rings. The zero-order valence-corrected chi connectivity index (χ0v) is 16.1. The quantitative estimate of drug-likeness (QED) is 0.850. The molecule has 1 saturated carbocycles.